The Morgan fingerprint density at radius 2 is 0.535 bits per heavy atom. The Labute approximate surface area is 253 Å². The fraction of sp³-hybridized carbons (Fsp3) is 0.0244. The first-order valence-electron chi connectivity index (χ1n) is 14.6. The Morgan fingerprint density at radius 1 is 0.279 bits per heavy atom. The molecular weight excluding hydrogens is 520 g/mol. The largest absolute Gasteiger partial charge is 0.233 e. The lowest BCUT2D eigenvalue weighted by molar-refractivity contribution is 1.06. The van der Waals surface area contributed by atoms with Gasteiger partial charge in [-0.3, -0.25) is 0 Å². The van der Waals surface area contributed by atoms with Gasteiger partial charge in [-0.25, -0.2) is 9.97 Å². The highest BCUT2D eigenvalue weighted by atomic mass is 14.9. The lowest BCUT2D eigenvalue weighted by Crippen LogP contribution is -1.96. The van der Waals surface area contributed by atoms with Crippen LogP contribution in [0.15, 0.2) is 164 Å². The van der Waals surface area contributed by atoms with Gasteiger partial charge in [-0.1, -0.05) is 121 Å². The van der Waals surface area contributed by atoms with Crippen molar-refractivity contribution in [3.63, 3.8) is 0 Å². The highest BCUT2D eigenvalue weighted by Gasteiger charge is 2.13. The van der Waals surface area contributed by atoms with Gasteiger partial charge in [0.15, 0.2) is 0 Å². The second kappa shape index (κ2) is 11.7. The van der Waals surface area contributed by atoms with E-state index in [9.17, 15) is 0 Å². The second-order valence-corrected chi connectivity index (χ2v) is 10.7. The average molecular weight is 551 g/mol. The molecule has 0 fully saturated rings. The van der Waals surface area contributed by atoms with Crippen molar-refractivity contribution in [1.82, 2.24) is 9.97 Å². The number of aryl methyl sites for hydroxylation is 1. The first-order chi connectivity index (χ1) is 21.2. The van der Waals surface area contributed by atoms with Gasteiger partial charge >= 0.3 is 0 Å². The maximum absolute atomic E-state index is 4.95. The topological polar surface area (TPSA) is 25.8 Å². The summed E-state index contributed by atoms with van der Waals surface area (Å²) in [6, 6.07) is 57.8. The molecule has 0 saturated carbocycles. The van der Waals surface area contributed by atoms with Crippen LogP contribution in [0.5, 0.6) is 0 Å². The van der Waals surface area contributed by atoms with E-state index in [1.807, 2.05) is 6.92 Å². The Balaban J connectivity index is 1.40. The molecule has 0 atom stereocenters. The summed E-state index contributed by atoms with van der Waals surface area (Å²) < 4.78 is 0. The lowest BCUT2D eigenvalue weighted by atomic mass is 9.93. The molecule has 6 aromatic carbocycles. The molecule has 0 radical (unpaired) electrons. The van der Waals surface area contributed by atoms with Crippen LogP contribution in [0, 0.1) is 6.92 Å². The first kappa shape index (κ1) is 26.3. The third-order valence-corrected chi connectivity index (χ3v) is 7.72. The molecule has 43 heavy (non-hydrogen) atoms. The average Bonchev–Trinajstić information content (AvgIpc) is 3.09. The molecule has 0 bridgehead atoms. The zero-order valence-electron chi connectivity index (χ0n) is 24.0. The third kappa shape index (κ3) is 5.77. The fourth-order valence-corrected chi connectivity index (χ4v) is 5.60. The summed E-state index contributed by atoms with van der Waals surface area (Å²) in [5.41, 5.74) is 13.3. The van der Waals surface area contributed by atoms with Gasteiger partial charge in [0, 0.05) is 11.1 Å². The van der Waals surface area contributed by atoms with Crippen molar-refractivity contribution in [3.8, 4) is 67.0 Å². The Kier molecular flexibility index (Phi) is 7.17. The van der Waals surface area contributed by atoms with Crippen molar-refractivity contribution >= 4 is 0 Å². The van der Waals surface area contributed by atoms with E-state index in [1.54, 1.807) is 0 Å². The fourth-order valence-electron chi connectivity index (χ4n) is 5.60. The molecule has 7 rings (SSSR count). The Morgan fingerprint density at radius 3 is 0.814 bits per heavy atom. The minimum atomic E-state index is 0.741. The Hall–Kier alpha value is -5.60. The molecule has 0 aliphatic rings. The molecule has 1 heterocycles. The van der Waals surface area contributed by atoms with Crippen molar-refractivity contribution in [2.24, 2.45) is 0 Å². The number of hydrogen-bond acceptors (Lipinski definition) is 2. The normalized spacial score (nSPS) is 10.9. The summed E-state index contributed by atoms with van der Waals surface area (Å²) in [5.74, 6) is 0.741. The standard InChI is InChI=1S/C41H30N2/c1-29-42-40(38-24-34(30-14-6-2-7-15-30)22-35(25-38)31-16-8-3-9-17-31)28-41(43-29)39-26-36(32-18-10-4-11-19-32)23-37(27-39)33-20-12-5-13-21-33/h2-28H,1H3. The maximum Gasteiger partial charge on any atom is 0.126 e. The van der Waals surface area contributed by atoms with Gasteiger partial charge in [0.1, 0.15) is 5.82 Å². The van der Waals surface area contributed by atoms with E-state index in [4.69, 9.17) is 9.97 Å². The van der Waals surface area contributed by atoms with Crippen LogP contribution in [0.1, 0.15) is 5.82 Å². The first-order valence-corrected chi connectivity index (χ1v) is 14.6. The van der Waals surface area contributed by atoms with Gasteiger partial charge in [-0.2, -0.15) is 0 Å². The third-order valence-electron chi connectivity index (χ3n) is 7.72. The summed E-state index contributed by atoms with van der Waals surface area (Å²) >= 11 is 0. The van der Waals surface area contributed by atoms with Crippen molar-refractivity contribution in [2.45, 2.75) is 6.92 Å². The molecule has 0 aliphatic carbocycles. The molecule has 0 spiro atoms. The molecule has 2 heteroatoms. The van der Waals surface area contributed by atoms with Gasteiger partial charge in [-0.05, 0) is 93.9 Å². The van der Waals surface area contributed by atoms with Crippen LogP contribution in [0.25, 0.3) is 67.0 Å². The zero-order chi connectivity index (χ0) is 29.0. The van der Waals surface area contributed by atoms with E-state index < -0.39 is 0 Å². The van der Waals surface area contributed by atoms with Crippen LogP contribution in [-0.4, -0.2) is 9.97 Å². The molecule has 0 aliphatic heterocycles. The van der Waals surface area contributed by atoms with Crippen LogP contribution in [0.4, 0.5) is 0 Å². The van der Waals surface area contributed by atoms with E-state index >= 15 is 0 Å². The monoisotopic (exact) mass is 550 g/mol. The summed E-state index contributed by atoms with van der Waals surface area (Å²) in [4.78, 5) is 9.90. The van der Waals surface area contributed by atoms with E-state index in [0.717, 1.165) is 50.6 Å². The van der Waals surface area contributed by atoms with Crippen molar-refractivity contribution in [3.05, 3.63) is 170 Å². The molecule has 0 amide bonds. The highest BCUT2D eigenvalue weighted by Crippen LogP contribution is 2.36. The van der Waals surface area contributed by atoms with Crippen LogP contribution in [-0.2, 0) is 0 Å². The van der Waals surface area contributed by atoms with Gasteiger partial charge in [0.2, 0.25) is 0 Å². The SMILES string of the molecule is Cc1nc(-c2cc(-c3ccccc3)cc(-c3ccccc3)c2)cc(-c2cc(-c3ccccc3)cc(-c3ccccc3)c2)n1. The lowest BCUT2D eigenvalue weighted by Gasteiger charge is -2.14. The summed E-state index contributed by atoms with van der Waals surface area (Å²) in [6.07, 6.45) is 0. The highest BCUT2D eigenvalue weighted by molar-refractivity contribution is 5.83. The van der Waals surface area contributed by atoms with Crippen molar-refractivity contribution < 1.29 is 0 Å². The number of aromatic nitrogens is 2. The molecule has 0 N–H and O–H groups in total. The smallest absolute Gasteiger partial charge is 0.126 e. The van der Waals surface area contributed by atoms with E-state index in [-0.39, 0.29) is 0 Å². The zero-order valence-corrected chi connectivity index (χ0v) is 24.0. The second-order valence-electron chi connectivity index (χ2n) is 10.7. The van der Waals surface area contributed by atoms with Crippen molar-refractivity contribution in [1.29, 1.82) is 0 Å². The van der Waals surface area contributed by atoms with Crippen LogP contribution in [0.2, 0.25) is 0 Å². The summed E-state index contributed by atoms with van der Waals surface area (Å²) in [7, 11) is 0. The molecule has 2 nitrogen and oxygen atoms in total. The van der Waals surface area contributed by atoms with Gasteiger partial charge in [-0.15, -0.1) is 0 Å². The predicted octanol–water partition coefficient (Wildman–Crippen LogP) is 10.8. The van der Waals surface area contributed by atoms with Crippen LogP contribution < -0.4 is 0 Å². The number of rotatable bonds is 6. The molecular formula is C41H30N2. The molecule has 7 aromatic rings. The van der Waals surface area contributed by atoms with Crippen molar-refractivity contribution in [2.75, 3.05) is 0 Å². The summed E-state index contributed by atoms with van der Waals surface area (Å²) in [6.45, 7) is 1.98. The number of hydrogen-bond donors (Lipinski definition) is 0. The van der Waals surface area contributed by atoms with E-state index in [1.165, 1.54) is 22.3 Å². The van der Waals surface area contributed by atoms with Crippen LogP contribution >= 0.6 is 0 Å². The minimum Gasteiger partial charge on any atom is -0.233 e. The molecule has 0 unspecified atom stereocenters. The van der Waals surface area contributed by atoms with E-state index in [0.29, 0.717) is 0 Å². The Bertz CT molecular complexity index is 1740. The molecule has 204 valence electrons. The molecule has 1 aromatic heterocycles. The summed E-state index contributed by atoms with van der Waals surface area (Å²) in [5, 5.41) is 0. The van der Waals surface area contributed by atoms with Gasteiger partial charge < -0.3 is 0 Å². The van der Waals surface area contributed by atoms with E-state index in [2.05, 4.69) is 164 Å². The molecule has 0 saturated heterocycles. The quantitative estimate of drug-likeness (QED) is 0.206. The predicted molar refractivity (Wildman–Crippen MR) is 179 cm³/mol. The van der Waals surface area contributed by atoms with Gasteiger partial charge in [0.25, 0.3) is 0 Å². The number of nitrogens with zero attached hydrogens (tertiary/aromatic N) is 2. The number of benzene rings is 6. The van der Waals surface area contributed by atoms with Gasteiger partial charge in [0.05, 0.1) is 11.4 Å². The van der Waals surface area contributed by atoms with Crippen LogP contribution in [0.3, 0.4) is 0 Å². The maximum atomic E-state index is 4.95. The minimum absolute atomic E-state index is 0.741.